The largest absolute Gasteiger partial charge is 0.484 e. The van der Waals surface area contributed by atoms with Crippen molar-refractivity contribution in [2.45, 2.75) is 36.4 Å². The van der Waals surface area contributed by atoms with E-state index in [1.807, 2.05) is 6.07 Å². The van der Waals surface area contributed by atoms with Crippen molar-refractivity contribution in [3.05, 3.63) is 41.6 Å². The number of nitrogens with one attached hydrogen (secondary N) is 1. The van der Waals surface area contributed by atoms with Gasteiger partial charge in [-0.15, -0.1) is 11.8 Å². The number of carbonyl (C=O) groups is 3. The number of para-hydroxylation sites is 1. The van der Waals surface area contributed by atoms with E-state index >= 15 is 0 Å². The lowest BCUT2D eigenvalue weighted by molar-refractivity contribution is -0.152. The van der Waals surface area contributed by atoms with Crippen molar-refractivity contribution >= 4 is 29.5 Å². The van der Waals surface area contributed by atoms with Crippen LogP contribution in [0.15, 0.2) is 41.6 Å². The highest BCUT2D eigenvalue weighted by atomic mass is 32.2. The van der Waals surface area contributed by atoms with E-state index < -0.39 is 23.3 Å². The lowest BCUT2D eigenvalue weighted by Crippen LogP contribution is -2.71. The van der Waals surface area contributed by atoms with Crippen molar-refractivity contribution < 1.29 is 23.9 Å². The van der Waals surface area contributed by atoms with Gasteiger partial charge in [0.05, 0.1) is 13.2 Å². The lowest BCUT2D eigenvalue weighted by atomic mass is 9.99. The Morgan fingerprint density at radius 1 is 1.31 bits per heavy atom. The number of fused-ring (bicyclic) bond motifs is 1. The molecular formula is C20H21N3O5S. The Morgan fingerprint density at radius 2 is 2.03 bits per heavy atom. The normalized spacial score (nSPS) is 22.9. The summed E-state index contributed by atoms with van der Waals surface area (Å²) in [6.07, 6.45) is 0.871. The van der Waals surface area contributed by atoms with Crippen LogP contribution in [0, 0.1) is 11.3 Å². The first-order valence-corrected chi connectivity index (χ1v) is 10.0. The van der Waals surface area contributed by atoms with E-state index in [-0.39, 0.29) is 23.5 Å². The third kappa shape index (κ3) is 4.22. The molecule has 0 aromatic heterocycles. The van der Waals surface area contributed by atoms with E-state index in [4.69, 9.17) is 14.7 Å². The predicted octanol–water partition coefficient (Wildman–Crippen LogP) is 1.58. The van der Waals surface area contributed by atoms with Gasteiger partial charge in [0.25, 0.3) is 11.8 Å². The first-order chi connectivity index (χ1) is 14.0. The first kappa shape index (κ1) is 20.7. The third-order valence-corrected chi connectivity index (χ3v) is 6.45. The maximum absolute atomic E-state index is 12.7. The Bertz CT molecular complexity index is 880. The molecule has 0 unspecified atom stereocenters. The van der Waals surface area contributed by atoms with Crippen molar-refractivity contribution in [2.75, 3.05) is 13.7 Å². The summed E-state index contributed by atoms with van der Waals surface area (Å²) in [4.78, 5) is 38.6. The fourth-order valence-electron chi connectivity index (χ4n) is 3.30. The second kappa shape index (κ2) is 9.01. The molecule has 0 radical (unpaired) electrons. The fourth-order valence-corrected chi connectivity index (χ4v) is 4.88. The average Bonchev–Trinajstić information content (AvgIpc) is 2.75. The number of methoxy groups -OCH3 is 1. The number of β-lactam (4-membered cyclic amide) rings is 1. The molecule has 2 aliphatic heterocycles. The number of thioether (sulfide) groups is 1. The molecule has 0 aliphatic carbocycles. The molecule has 3 rings (SSSR count). The number of carbonyl (C=O) groups excluding carboxylic acids is 3. The van der Waals surface area contributed by atoms with Gasteiger partial charge in [-0.25, -0.2) is 4.79 Å². The van der Waals surface area contributed by atoms with Crippen molar-refractivity contribution in [1.29, 1.82) is 5.26 Å². The minimum atomic E-state index is -0.760. The zero-order valence-electron chi connectivity index (χ0n) is 16.1. The standard InChI is InChI=1S/C20H21N3O5S/c1-12-14(9-6-10-21)29-19-16(18(25)23(19)17(12)20(26)27-2)22-15(24)11-28-13-7-4-3-5-8-13/h3-5,7-8,14,16,19H,6,9,11H2,1-2H3,(H,22,24)/t14-,16+,19-/m1/s1. The Hall–Kier alpha value is -2.99. The molecule has 9 heteroatoms. The highest BCUT2D eigenvalue weighted by Gasteiger charge is 2.55. The van der Waals surface area contributed by atoms with Crippen LogP contribution in [0.2, 0.25) is 0 Å². The van der Waals surface area contributed by atoms with Crippen molar-refractivity contribution in [3.8, 4) is 11.8 Å². The van der Waals surface area contributed by atoms with Crippen LogP contribution in [0.3, 0.4) is 0 Å². The second-order valence-corrected chi connectivity index (χ2v) is 7.91. The molecule has 0 spiro atoms. The van der Waals surface area contributed by atoms with E-state index in [1.165, 1.54) is 23.8 Å². The second-order valence-electron chi connectivity index (χ2n) is 6.59. The minimum absolute atomic E-state index is 0.113. The van der Waals surface area contributed by atoms with Gasteiger partial charge in [-0.3, -0.25) is 14.5 Å². The zero-order valence-corrected chi connectivity index (χ0v) is 16.9. The van der Waals surface area contributed by atoms with Crippen molar-refractivity contribution in [1.82, 2.24) is 10.2 Å². The molecule has 152 valence electrons. The molecule has 1 aromatic rings. The number of amides is 2. The summed E-state index contributed by atoms with van der Waals surface area (Å²) in [5, 5.41) is 11.0. The van der Waals surface area contributed by atoms with Crippen LogP contribution in [-0.2, 0) is 19.1 Å². The Morgan fingerprint density at radius 3 is 2.69 bits per heavy atom. The summed E-state index contributed by atoms with van der Waals surface area (Å²) >= 11 is 1.46. The quantitative estimate of drug-likeness (QED) is 0.532. The van der Waals surface area contributed by atoms with Gasteiger partial charge < -0.3 is 14.8 Å². The zero-order chi connectivity index (χ0) is 21.0. The van der Waals surface area contributed by atoms with Gasteiger partial charge in [0.2, 0.25) is 0 Å². The van der Waals surface area contributed by atoms with Gasteiger partial charge in [-0.05, 0) is 31.1 Å². The van der Waals surface area contributed by atoms with Crippen LogP contribution >= 0.6 is 11.8 Å². The van der Waals surface area contributed by atoms with Gasteiger partial charge in [-0.2, -0.15) is 5.26 Å². The number of ether oxygens (including phenoxy) is 2. The number of nitriles is 1. The molecule has 3 atom stereocenters. The Labute approximate surface area is 172 Å². The van der Waals surface area contributed by atoms with Crippen LogP contribution in [0.1, 0.15) is 19.8 Å². The Balaban J connectivity index is 1.69. The van der Waals surface area contributed by atoms with Crippen LogP contribution in [0.25, 0.3) is 0 Å². The lowest BCUT2D eigenvalue weighted by Gasteiger charge is -2.51. The highest BCUT2D eigenvalue weighted by molar-refractivity contribution is 8.00. The van der Waals surface area contributed by atoms with Crippen LogP contribution in [0.4, 0.5) is 0 Å². The van der Waals surface area contributed by atoms with E-state index in [2.05, 4.69) is 11.4 Å². The summed E-state index contributed by atoms with van der Waals surface area (Å²) in [7, 11) is 1.26. The number of hydrogen-bond donors (Lipinski definition) is 1. The summed E-state index contributed by atoms with van der Waals surface area (Å²) in [5.74, 6) is -0.833. The number of hydrogen-bond acceptors (Lipinski definition) is 7. The summed E-state index contributed by atoms with van der Waals surface area (Å²) in [6.45, 7) is 1.55. The number of benzene rings is 1. The van der Waals surface area contributed by atoms with Gasteiger partial charge in [0.1, 0.15) is 22.9 Å². The number of esters is 1. The topological polar surface area (TPSA) is 109 Å². The molecule has 1 saturated heterocycles. The van der Waals surface area contributed by atoms with Crippen molar-refractivity contribution in [3.63, 3.8) is 0 Å². The molecule has 2 heterocycles. The summed E-state index contributed by atoms with van der Waals surface area (Å²) < 4.78 is 10.3. The predicted molar refractivity (Wildman–Crippen MR) is 105 cm³/mol. The molecule has 0 bridgehead atoms. The Kier molecular flexibility index (Phi) is 6.44. The van der Waals surface area contributed by atoms with Crippen LogP contribution in [0.5, 0.6) is 5.75 Å². The molecule has 1 fully saturated rings. The highest BCUT2D eigenvalue weighted by Crippen LogP contribution is 2.45. The van der Waals surface area contributed by atoms with Gasteiger partial charge in [0.15, 0.2) is 6.61 Å². The van der Waals surface area contributed by atoms with E-state index in [0.29, 0.717) is 24.2 Å². The van der Waals surface area contributed by atoms with Crippen LogP contribution in [-0.4, -0.2) is 53.1 Å². The maximum atomic E-state index is 12.7. The molecule has 2 aliphatic rings. The van der Waals surface area contributed by atoms with Crippen LogP contribution < -0.4 is 10.1 Å². The number of rotatable bonds is 7. The van der Waals surface area contributed by atoms with E-state index in [1.54, 1.807) is 31.2 Å². The third-order valence-electron chi connectivity index (χ3n) is 4.77. The monoisotopic (exact) mass is 415 g/mol. The fraction of sp³-hybridized carbons (Fsp3) is 0.400. The van der Waals surface area contributed by atoms with Gasteiger partial charge >= 0.3 is 5.97 Å². The molecule has 0 saturated carbocycles. The number of nitrogens with zero attached hydrogens (tertiary/aromatic N) is 2. The molecule has 29 heavy (non-hydrogen) atoms. The van der Waals surface area contributed by atoms with E-state index in [0.717, 1.165) is 0 Å². The SMILES string of the molecule is COC(=O)C1=C(C)[C@@H](CCC#N)S[C@@H]2[C@@H](NC(=O)COc3ccccc3)C(=O)N12. The van der Waals surface area contributed by atoms with Gasteiger partial charge in [0, 0.05) is 11.7 Å². The van der Waals surface area contributed by atoms with Crippen molar-refractivity contribution in [2.24, 2.45) is 0 Å². The summed E-state index contributed by atoms with van der Waals surface area (Å²) in [6, 6.07) is 10.2. The van der Waals surface area contributed by atoms with Gasteiger partial charge in [-0.1, -0.05) is 18.2 Å². The smallest absolute Gasteiger partial charge is 0.354 e. The maximum Gasteiger partial charge on any atom is 0.354 e. The first-order valence-electron chi connectivity index (χ1n) is 9.09. The minimum Gasteiger partial charge on any atom is -0.484 e. The average molecular weight is 415 g/mol. The summed E-state index contributed by atoms with van der Waals surface area (Å²) in [5.41, 5.74) is 0.911. The molecule has 1 N–H and O–H groups in total. The molecular weight excluding hydrogens is 394 g/mol. The molecule has 2 amide bonds. The molecule has 1 aromatic carbocycles. The van der Waals surface area contributed by atoms with E-state index in [9.17, 15) is 14.4 Å². The molecule has 8 nitrogen and oxygen atoms in total.